The van der Waals surface area contributed by atoms with Crippen molar-refractivity contribution in [3.05, 3.63) is 58.7 Å². The first-order chi connectivity index (χ1) is 18.4. The van der Waals surface area contributed by atoms with E-state index in [1.165, 1.54) is 36.0 Å². The lowest BCUT2D eigenvalue weighted by molar-refractivity contribution is -0.170. The molecule has 4 N–H and O–H groups in total. The predicted molar refractivity (Wildman–Crippen MR) is 153 cm³/mol. The van der Waals surface area contributed by atoms with Crippen LogP contribution in [0.3, 0.4) is 0 Å². The Kier molecular flexibility index (Phi) is 15.7. The lowest BCUT2D eigenvalue weighted by atomic mass is 9.72. The van der Waals surface area contributed by atoms with E-state index in [1.807, 2.05) is 39.2 Å². The van der Waals surface area contributed by atoms with Gasteiger partial charge >= 0.3 is 23.9 Å². The van der Waals surface area contributed by atoms with Crippen LogP contribution in [0.5, 0.6) is 0 Å². The minimum atomic E-state index is -2.74. The summed E-state index contributed by atoms with van der Waals surface area (Å²) in [6.07, 6.45) is 14.1. The first-order valence-corrected chi connectivity index (χ1v) is 13.0. The quantitative estimate of drug-likeness (QED) is 0.187. The van der Waals surface area contributed by atoms with E-state index in [1.54, 1.807) is 4.90 Å². The van der Waals surface area contributed by atoms with Crippen LogP contribution in [-0.2, 0) is 23.9 Å². The van der Waals surface area contributed by atoms with E-state index in [2.05, 4.69) is 45.9 Å². The Morgan fingerprint density at radius 3 is 2.05 bits per heavy atom. The minimum Gasteiger partial charge on any atom is -0.481 e. The molecule has 0 fully saturated rings. The zero-order chi connectivity index (χ0) is 31.1. The normalized spacial score (nSPS) is 16.2. The molecule has 0 unspecified atom stereocenters. The van der Waals surface area contributed by atoms with Crippen LogP contribution in [-0.4, -0.2) is 82.1 Å². The van der Waals surface area contributed by atoms with E-state index >= 15 is 0 Å². The smallest absolute Gasteiger partial charge is 0.336 e. The highest BCUT2D eigenvalue weighted by Gasteiger charge is 2.40. The second-order valence-corrected chi connectivity index (χ2v) is 10.9. The number of carboxylic acids is 3. The van der Waals surface area contributed by atoms with Gasteiger partial charge in [-0.2, -0.15) is 0 Å². The summed E-state index contributed by atoms with van der Waals surface area (Å²) in [5, 5.41) is 33.8. The Morgan fingerprint density at radius 2 is 1.57 bits per heavy atom. The molecule has 1 rings (SSSR count). The van der Waals surface area contributed by atoms with Gasteiger partial charge in [0.05, 0.1) is 19.4 Å². The molecule has 0 aromatic rings. The number of rotatable bonds is 13. The molecule has 0 heterocycles. The molecule has 0 bridgehead atoms. The Hall–Kier alpha value is -3.50. The Bertz CT molecular complexity index is 1040. The van der Waals surface area contributed by atoms with Crippen LogP contribution in [0.2, 0.25) is 0 Å². The molecule has 0 aromatic heterocycles. The van der Waals surface area contributed by atoms with Crippen molar-refractivity contribution < 1.29 is 44.3 Å². The fourth-order valence-corrected chi connectivity index (χ4v) is 3.98. The predicted octanol–water partition coefficient (Wildman–Crippen LogP) is 4.37. The fraction of sp³-hybridized carbons (Fsp3) is 0.533. The largest absolute Gasteiger partial charge is 0.481 e. The van der Waals surface area contributed by atoms with Crippen molar-refractivity contribution in [1.29, 1.82) is 0 Å². The number of aliphatic carboxylic acids is 3. The molecule has 0 spiro atoms. The molecule has 10 nitrogen and oxygen atoms in total. The van der Waals surface area contributed by atoms with Crippen LogP contribution in [0.15, 0.2) is 58.7 Å². The number of carbonyl (C=O) groups excluding carboxylic acids is 1. The molecule has 0 aromatic carbocycles. The third kappa shape index (κ3) is 15.2. The van der Waals surface area contributed by atoms with Crippen molar-refractivity contribution in [1.82, 2.24) is 4.90 Å². The number of hydrogen-bond donors (Lipinski definition) is 4. The third-order valence-electron chi connectivity index (χ3n) is 6.15. The van der Waals surface area contributed by atoms with Gasteiger partial charge in [0.1, 0.15) is 6.61 Å². The van der Waals surface area contributed by atoms with Crippen molar-refractivity contribution in [2.75, 3.05) is 27.2 Å². The van der Waals surface area contributed by atoms with Crippen LogP contribution >= 0.6 is 0 Å². The fourth-order valence-electron chi connectivity index (χ4n) is 3.98. The number of likely N-dealkylation sites (N-methyl/N-ethyl adjacent to an activating group) is 1. The number of nitrogens with zero attached hydrogens (tertiary/aromatic N) is 1. The van der Waals surface area contributed by atoms with E-state index in [0.717, 1.165) is 5.57 Å². The number of allylic oxidation sites excluding steroid dienone is 9. The Morgan fingerprint density at radius 1 is 1.00 bits per heavy atom. The summed E-state index contributed by atoms with van der Waals surface area (Å²) >= 11 is 0. The molecular weight excluding hydrogens is 518 g/mol. The van der Waals surface area contributed by atoms with Gasteiger partial charge in [-0.3, -0.25) is 19.3 Å². The molecule has 1 aliphatic rings. The summed E-state index contributed by atoms with van der Waals surface area (Å²) < 4.78 is 5.16. The lowest BCUT2D eigenvalue weighted by Crippen LogP contribution is -2.42. The summed E-state index contributed by atoms with van der Waals surface area (Å²) in [7, 11) is 3.70. The number of carboxylic acid groups (broad SMARTS) is 3. The summed E-state index contributed by atoms with van der Waals surface area (Å²) in [6, 6.07) is 0. The number of ether oxygens (including phenoxy) is 1. The van der Waals surface area contributed by atoms with Crippen molar-refractivity contribution in [3.8, 4) is 0 Å². The Balaban J connectivity index is 0.000000983. The van der Waals surface area contributed by atoms with Crippen molar-refractivity contribution in [2.24, 2.45) is 5.41 Å². The summed E-state index contributed by atoms with van der Waals surface area (Å²) in [5.41, 5.74) is 2.84. The van der Waals surface area contributed by atoms with Crippen molar-refractivity contribution in [2.45, 2.75) is 72.3 Å². The van der Waals surface area contributed by atoms with Gasteiger partial charge in [0, 0.05) is 0 Å². The summed E-state index contributed by atoms with van der Waals surface area (Å²) in [6.45, 7) is 11.7. The zero-order valence-electron chi connectivity index (χ0n) is 24.7. The number of hydrogen-bond acceptors (Lipinski definition) is 7. The molecule has 0 aliphatic heterocycles. The average Bonchev–Trinajstić information content (AvgIpc) is 2.77. The van der Waals surface area contributed by atoms with Crippen LogP contribution < -0.4 is 0 Å². The van der Waals surface area contributed by atoms with Crippen LogP contribution in [0.4, 0.5) is 0 Å². The highest BCUT2D eigenvalue weighted by atomic mass is 16.5. The standard InChI is InChI=1S/C24H37NO2.C6H8O7/c1-19(13-14-22-21(3)12-9-16-24(22,4)5)10-8-11-20(2)15-17-27-23(26)18-25(6)7;7-3(8)1-6(13,5(11)12)2-4(9)10/h8,10-11,13-15H,9,12,16-18H2,1-7H3;13H,1-2H2,(H,7,8)(H,9,10)(H,11,12)/b11-8+,14-13+,19-10+,20-15+;. The molecule has 224 valence electrons. The molecule has 0 atom stereocenters. The van der Waals surface area contributed by atoms with E-state index in [4.69, 9.17) is 25.2 Å². The maximum absolute atomic E-state index is 11.5. The van der Waals surface area contributed by atoms with E-state index < -0.39 is 36.4 Å². The van der Waals surface area contributed by atoms with Gasteiger partial charge in [-0.15, -0.1) is 0 Å². The van der Waals surface area contributed by atoms with Crippen molar-refractivity contribution in [3.63, 3.8) is 0 Å². The molecule has 0 amide bonds. The van der Waals surface area contributed by atoms with Gasteiger partial charge in [-0.05, 0) is 71.2 Å². The second kappa shape index (κ2) is 17.2. The molecule has 10 heteroatoms. The van der Waals surface area contributed by atoms with Gasteiger partial charge in [0.25, 0.3) is 0 Å². The van der Waals surface area contributed by atoms with Gasteiger partial charge in [0.2, 0.25) is 0 Å². The van der Waals surface area contributed by atoms with E-state index in [0.29, 0.717) is 13.2 Å². The average molecular weight is 564 g/mol. The third-order valence-corrected chi connectivity index (χ3v) is 6.15. The first-order valence-electron chi connectivity index (χ1n) is 13.0. The minimum absolute atomic E-state index is 0.204. The molecule has 40 heavy (non-hydrogen) atoms. The van der Waals surface area contributed by atoms with Crippen LogP contribution in [0.25, 0.3) is 0 Å². The molecule has 0 saturated heterocycles. The maximum Gasteiger partial charge on any atom is 0.336 e. The molecule has 0 radical (unpaired) electrons. The molecule has 0 saturated carbocycles. The van der Waals surface area contributed by atoms with E-state index in [9.17, 15) is 19.2 Å². The number of esters is 1. The number of aliphatic hydroxyl groups is 1. The highest BCUT2D eigenvalue weighted by Crippen LogP contribution is 2.40. The maximum atomic E-state index is 11.5. The van der Waals surface area contributed by atoms with Gasteiger partial charge < -0.3 is 25.2 Å². The monoisotopic (exact) mass is 563 g/mol. The lowest BCUT2D eigenvalue weighted by Gasteiger charge is -2.32. The second-order valence-electron chi connectivity index (χ2n) is 10.9. The summed E-state index contributed by atoms with van der Waals surface area (Å²) in [4.78, 5) is 43.8. The van der Waals surface area contributed by atoms with Crippen molar-refractivity contribution >= 4 is 23.9 Å². The van der Waals surface area contributed by atoms with Gasteiger partial charge in [-0.25, -0.2) is 4.79 Å². The number of carbonyl (C=O) groups is 4. The van der Waals surface area contributed by atoms with Gasteiger partial charge in [0.15, 0.2) is 5.60 Å². The van der Waals surface area contributed by atoms with Crippen LogP contribution in [0, 0.1) is 5.41 Å². The van der Waals surface area contributed by atoms with Gasteiger partial charge in [-0.1, -0.05) is 60.9 Å². The molecule has 1 aliphatic carbocycles. The molecular formula is C30H45NO9. The van der Waals surface area contributed by atoms with E-state index in [-0.39, 0.29) is 11.4 Å². The highest BCUT2D eigenvalue weighted by molar-refractivity contribution is 5.88. The SMILES string of the molecule is CC1=C(/C=C/C(C)=C/C=C/C(C)=C/COC(=O)CN(C)C)C(C)(C)CCC1.O=C(O)CC(O)(CC(=O)O)C(=O)O. The summed E-state index contributed by atoms with van der Waals surface area (Å²) in [5.74, 6) is -5.22. The zero-order valence-corrected chi connectivity index (χ0v) is 24.7. The Labute approximate surface area is 237 Å². The van der Waals surface area contributed by atoms with Crippen LogP contribution in [0.1, 0.15) is 66.7 Å². The first kappa shape index (κ1) is 36.5. The topological polar surface area (TPSA) is 162 Å².